The number of rotatable bonds is 5. The van der Waals surface area contributed by atoms with Crippen molar-refractivity contribution in [2.24, 2.45) is 0 Å². The van der Waals surface area contributed by atoms with Crippen molar-refractivity contribution in [2.45, 2.75) is 14.4 Å². The Morgan fingerprint density at radius 1 is 0.647 bits per heavy atom. The molecule has 0 fully saturated rings. The van der Waals surface area contributed by atoms with Crippen LogP contribution in [-0.2, 0) is 0 Å². The molecule has 0 aliphatic rings. The third-order valence-electron chi connectivity index (χ3n) is 7.67. The van der Waals surface area contributed by atoms with Gasteiger partial charge in [0, 0.05) is 11.1 Å². The van der Waals surface area contributed by atoms with Crippen molar-refractivity contribution in [3.63, 3.8) is 0 Å². The largest absolute Gasteiger partial charge is 0.507 e. The first kappa shape index (κ1) is 36.8. The lowest BCUT2D eigenvalue weighted by molar-refractivity contribution is 0.0686. The highest BCUT2D eigenvalue weighted by atomic mass is 16.4. The quantitative estimate of drug-likeness (QED) is 0.0779. The fourth-order valence-corrected chi connectivity index (χ4v) is 5.04. The minimum absolute atomic E-state index is 0. The Morgan fingerprint density at radius 3 is 1.61 bits per heavy atom. The van der Waals surface area contributed by atoms with Crippen molar-refractivity contribution in [3.05, 3.63) is 154 Å². The van der Waals surface area contributed by atoms with Crippen molar-refractivity contribution < 1.29 is 44.0 Å². The number of ketones is 1. The Hall–Kier alpha value is -7.07. The van der Waals surface area contributed by atoms with Gasteiger partial charge in [-0.05, 0) is 77.0 Å². The van der Waals surface area contributed by atoms with Crippen LogP contribution in [0, 0.1) is 0 Å². The lowest BCUT2D eigenvalue weighted by Crippen LogP contribution is -2.03. The normalized spacial score (nSPS) is 10.2. The van der Waals surface area contributed by atoms with Crippen LogP contribution in [0.4, 0.5) is 0 Å². The van der Waals surface area contributed by atoms with E-state index in [2.05, 4.69) is 0 Å². The number of aromatic hydroxyl groups is 2. The molecular weight excluding hydrogens is 652 g/mol. The van der Waals surface area contributed by atoms with Gasteiger partial charge in [-0.2, -0.15) is 0 Å². The maximum Gasteiger partial charge on any atom is 0.335 e. The van der Waals surface area contributed by atoms with Crippen molar-refractivity contribution in [2.75, 3.05) is 0 Å². The number of aldehydes is 1. The fraction of sp³-hybridized carbons (Fsp3) is 0.0488. The smallest absolute Gasteiger partial charge is 0.335 e. The van der Waals surface area contributed by atoms with E-state index in [0.29, 0.717) is 33.9 Å². The average molecular weight is 685 g/mol. The summed E-state index contributed by atoms with van der Waals surface area (Å²) in [6, 6.07) is 33.4. The minimum Gasteiger partial charge on any atom is -0.507 e. The monoisotopic (exact) mass is 684 g/mol. The molecule has 0 unspecified atom stereocenters. The number of benzene rings is 6. The van der Waals surface area contributed by atoms with Crippen LogP contribution >= 0.6 is 0 Å². The fourth-order valence-electron chi connectivity index (χ4n) is 5.04. The van der Waals surface area contributed by atoms with Crippen molar-refractivity contribution in [1.29, 1.82) is 0 Å². The van der Waals surface area contributed by atoms with E-state index in [9.17, 15) is 34.2 Å². The van der Waals surface area contributed by atoms with E-state index in [1.807, 2.05) is 48.5 Å². The van der Waals surface area contributed by atoms with Gasteiger partial charge in [-0.15, -0.1) is 0 Å². The first-order valence-electron chi connectivity index (χ1n) is 15.0. The number of hydrogen-bond donors (Lipinski definition) is 4. The summed E-state index contributed by atoms with van der Waals surface area (Å²) < 4.78 is 5.77. The first-order valence-corrected chi connectivity index (χ1v) is 15.0. The predicted molar refractivity (Wildman–Crippen MR) is 195 cm³/mol. The van der Waals surface area contributed by atoms with Crippen molar-refractivity contribution in [1.82, 2.24) is 0 Å². The molecule has 0 aliphatic carbocycles. The molecule has 6 aromatic carbocycles. The maximum absolute atomic E-state index is 12.5. The molecule has 1 aromatic heterocycles. The topological polar surface area (TPSA) is 179 Å². The number of Topliss-reactive ketones (excluding diaryl/α,β-unsaturated/α-hetero) is 1. The van der Waals surface area contributed by atoms with Gasteiger partial charge in [-0.3, -0.25) is 14.4 Å². The number of aromatic carboxylic acids is 2. The van der Waals surface area contributed by atoms with Crippen LogP contribution in [0.3, 0.4) is 0 Å². The van der Waals surface area contributed by atoms with Gasteiger partial charge >= 0.3 is 11.9 Å². The van der Waals surface area contributed by atoms with Crippen LogP contribution in [0.15, 0.2) is 131 Å². The van der Waals surface area contributed by atoms with Gasteiger partial charge in [0.05, 0.1) is 22.1 Å². The summed E-state index contributed by atoms with van der Waals surface area (Å²) in [5.74, 6) is -2.58. The van der Waals surface area contributed by atoms with Crippen LogP contribution in [0.2, 0.25) is 0 Å². The molecule has 0 radical (unpaired) electrons. The summed E-state index contributed by atoms with van der Waals surface area (Å²) in [6.45, 7) is 1.45. The van der Waals surface area contributed by atoms with Crippen LogP contribution in [0.5, 0.6) is 11.5 Å². The molecule has 256 valence electrons. The van der Waals surface area contributed by atoms with Crippen molar-refractivity contribution >= 4 is 56.5 Å². The number of phenolic OH excluding ortho intramolecular Hbond substituents is 1. The SMILES string of the molecule is C.CC(=O)c1cc2ccccc2cc1O.O=C(O)c1ccc(-c2oc3cc4ccccc4cc3c(=O)c2O)cc1.O=Cc1ccc(C(=O)O)cc1. The molecule has 10 heteroatoms. The van der Waals surface area contributed by atoms with Gasteiger partial charge < -0.3 is 24.8 Å². The van der Waals surface area contributed by atoms with Crippen molar-refractivity contribution in [3.8, 4) is 22.8 Å². The molecule has 0 saturated heterocycles. The van der Waals surface area contributed by atoms with E-state index in [0.717, 1.165) is 21.5 Å². The zero-order valence-electron chi connectivity index (χ0n) is 26.4. The molecule has 0 aliphatic heterocycles. The summed E-state index contributed by atoms with van der Waals surface area (Å²) in [7, 11) is 0. The Balaban J connectivity index is 0.000000190. The molecule has 0 spiro atoms. The summed E-state index contributed by atoms with van der Waals surface area (Å²) >= 11 is 0. The zero-order valence-corrected chi connectivity index (χ0v) is 26.4. The lowest BCUT2D eigenvalue weighted by Gasteiger charge is -2.07. The van der Waals surface area contributed by atoms with E-state index >= 15 is 0 Å². The molecule has 0 amide bonds. The van der Waals surface area contributed by atoms with E-state index in [4.69, 9.17) is 14.6 Å². The number of phenols is 1. The highest BCUT2D eigenvalue weighted by Gasteiger charge is 2.16. The Labute approximate surface area is 291 Å². The molecule has 0 atom stereocenters. The summed E-state index contributed by atoms with van der Waals surface area (Å²) in [4.78, 5) is 55.1. The van der Waals surface area contributed by atoms with Crippen LogP contribution in [0.1, 0.15) is 55.8 Å². The number of carboxylic acid groups (broad SMARTS) is 2. The van der Waals surface area contributed by atoms with Gasteiger partial charge in [0.15, 0.2) is 11.5 Å². The van der Waals surface area contributed by atoms with E-state index in [1.165, 1.54) is 55.5 Å². The Bertz CT molecular complexity index is 2460. The molecular formula is C41H32O10. The first-order chi connectivity index (χ1) is 24.0. The Kier molecular flexibility index (Phi) is 11.5. The van der Waals surface area contributed by atoms with E-state index in [1.54, 1.807) is 24.3 Å². The van der Waals surface area contributed by atoms with Gasteiger partial charge in [-0.25, -0.2) is 9.59 Å². The zero-order chi connectivity index (χ0) is 35.9. The molecule has 1 heterocycles. The summed E-state index contributed by atoms with van der Waals surface area (Å²) in [5, 5.41) is 41.2. The molecule has 10 nitrogen and oxygen atoms in total. The number of hydrogen-bond acceptors (Lipinski definition) is 8. The maximum atomic E-state index is 12.5. The van der Waals surface area contributed by atoms with Gasteiger partial charge in [0.1, 0.15) is 17.6 Å². The van der Waals surface area contributed by atoms with Gasteiger partial charge in [0.25, 0.3) is 0 Å². The second-order valence-corrected chi connectivity index (χ2v) is 11.0. The Morgan fingerprint density at radius 2 is 1.12 bits per heavy atom. The third-order valence-corrected chi connectivity index (χ3v) is 7.67. The molecule has 0 bridgehead atoms. The van der Waals surface area contributed by atoms with Crippen LogP contribution in [-0.4, -0.2) is 44.4 Å². The molecule has 4 N–H and O–H groups in total. The number of carboxylic acids is 2. The van der Waals surface area contributed by atoms with E-state index < -0.39 is 23.1 Å². The molecule has 7 rings (SSSR count). The van der Waals surface area contributed by atoms with Crippen LogP contribution < -0.4 is 5.43 Å². The molecule has 51 heavy (non-hydrogen) atoms. The summed E-state index contributed by atoms with van der Waals surface area (Å²) in [6.07, 6.45) is 0.672. The third kappa shape index (κ3) is 8.33. The standard InChI is InChI=1S/C20H12O5.C12H10O2.C8H6O3.CH4/c21-17-15-9-13-3-1-2-4-14(13)10-16(15)25-19(18(17)22)11-5-7-12(8-6-11)20(23)24;1-8(13)11-6-9-4-2-3-5-10(9)7-12(11)14;9-5-6-1-3-7(4-2-6)8(10)11;/h1-10,22H,(H,23,24);2-7,14H,1H3;1-5H,(H,10,11);1H4. The molecule has 0 saturated carbocycles. The highest BCUT2D eigenvalue weighted by Crippen LogP contribution is 2.32. The second kappa shape index (κ2) is 15.9. The van der Waals surface area contributed by atoms with Gasteiger partial charge in [0.2, 0.25) is 11.2 Å². The summed E-state index contributed by atoms with van der Waals surface area (Å²) in [5.41, 5.74) is 1.42. The van der Waals surface area contributed by atoms with E-state index in [-0.39, 0.29) is 35.8 Å². The van der Waals surface area contributed by atoms with Gasteiger partial charge in [-0.1, -0.05) is 80.2 Å². The number of fused-ring (bicyclic) bond motifs is 3. The minimum atomic E-state index is -1.05. The number of carbonyl (C=O) groups is 4. The predicted octanol–water partition coefficient (Wildman–Crippen LogP) is 8.60. The number of carbonyl (C=O) groups excluding carboxylic acids is 2. The highest BCUT2D eigenvalue weighted by molar-refractivity contribution is 6.01. The lowest BCUT2D eigenvalue weighted by atomic mass is 10.0. The second-order valence-electron chi connectivity index (χ2n) is 11.0. The van der Waals surface area contributed by atoms with Crippen LogP contribution in [0.25, 0.3) is 43.8 Å². The average Bonchev–Trinajstić information content (AvgIpc) is 3.12. The molecule has 7 aromatic rings.